The van der Waals surface area contributed by atoms with Crippen molar-refractivity contribution in [1.82, 2.24) is 15.2 Å². The third-order valence-electron chi connectivity index (χ3n) is 2.96. The van der Waals surface area contributed by atoms with Gasteiger partial charge < -0.3 is 14.8 Å². The van der Waals surface area contributed by atoms with Gasteiger partial charge in [0.15, 0.2) is 0 Å². The van der Waals surface area contributed by atoms with Crippen molar-refractivity contribution in [2.24, 2.45) is 0 Å². The number of carboxylic acid groups (broad SMARTS) is 1. The number of nitrogens with one attached hydrogen (secondary N) is 2. The number of ether oxygens (including phenoxy) is 1. The van der Waals surface area contributed by atoms with Crippen LogP contribution in [0.3, 0.4) is 0 Å². The lowest BCUT2D eigenvalue weighted by atomic mass is 10.1. The molecule has 0 bridgehead atoms. The lowest BCUT2D eigenvalue weighted by Crippen LogP contribution is -1.95. The Bertz CT molecular complexity index is 757. The van der Waals surface area contributed by atoms with Gasteiger partial charge in [0.1, 0.15) is 11.4 Å². The first-order valence-corrected chi connectivity index (χ1v) is 5.63. The zero-order valence-electron chi connectivity index (χ0n) is 10.1. The van der Waals surface area contributed by atoms with E-state index in [4.69, 9.17) is 9.84 Å². The zero-order chi connectivity index (χ0) is 13.4. The SMILES string of the molecule is COc1cc2cc[nH]c2cc1-c1cc(C(=O)O)[nH]n1. The van der Waals surface area contributed by atoms with E-state index in [0.29, 0.717) is 11.4 Å². The van der Waals surface area contributed by atoms with Gasteiger partial charge in [-0.25, -0.2) is 4.79 Å². The quantitative estimate of drug-likeness (QED) is 0.671. The van der Waals surface area contributed by atoms with E-state index in [1.54, 1.807) is 7.11 Å². The van der Waals surface area contributed by atoms with Crippen molar-refractivity contribution in [3.8, 4) is 17.0 Å². The van der Waals surface area contributed by atoms with E-state index in [0.717, 1.165) is 16.5 Å². The van der Waals surface area contributed by atoms with Crippen molar-refractivity contribution < 1.29 is 14.6 Å². The molecule has 6 heteroatoms. The Hall–Kier alpha value is -2.76. The highest BCUT2D eigenvalue weighted by atomic mass is 16.5. The van der Waals surface area contributed by atoms with Crippen LogP contribution >= 0.6 is 0 Å². The molecule has 0 atom stereocenters. The van der Waals surface area contributed by atoms with E-state index in [-0.39, 0.29) is 5.69 Å². The lowest BCUT2D eigenvalue weighted by Gasteiger charge is -2.06. The first-order valence-electron chi connectivity index (χ1n) is 5.63. The number of aromatic carboxylic acids is 1. The molecule has 0 fully saturated rings. The van der Waals surface area contributed by atoms with E-state index >= 15 is 0 Å². The van der Waals surface area contributed by atoms with Gasteiger partial charge in [0.25, 0.3) is 0 Å². The summed E-state index contributed by atoms with van der Waals surface area (Å²) in [6.45, 7) is 0. The van der Waals surface area contributed by atoms with Crippen LogP contribution in [-0.4, -0.2) is 33.4 Å². The van der Waals surface area contributed by atoms with Gasteiger partial charge in [-0.2, -0.15) is 5.10 Å². The van der Waals surface area contributed by atoms with Crippen LogP contribution in [0.15, 0.2) is 30.5 Å². The summed E-state index contributed by atoms with van der Waals surface area (Å²) >= 11 is 0. The topological polar surface area (TPSA) is 91.0 Å². The first kappa shape index (κ1) is 11.3. The number of hydrogen-bond donors (Lipinski definition) is 3. The number of carboxylic acids is 1. The molecule has 0 amide bonds. The van der Waals surface area contributed by atoms with Gasteiger partial charge >= 0.3 is 5.97 Å². The number of aromatic amines is 2. The van der Waals surface area contributed by atoms with Crippen LogP contribution in [0.25, 0.3) is 22.2 Å². The Morgan fingerprint density at radius 2 is 2.21 bits per heavy atom. The summed E-state index contributed by atoms with van der Waals surface area (Å²) in [5.41, 5.74) is 2.26. The Balaban J connectivity index is 2.18. The molecule has 1 aromatic carbocycles. The number of H-pyrrole nitrogens is 2. The summed E-state index contributed by atoms with van der Waals surface area (Å²) in [6, 6.07) is 7.19. The fourth-order valence-electron chi connectivity index (χ4n) is 2.02. The molecule has 0 unspecified atom stereocenters. The molecule has 0 aliphatic rings. The molecule has 2 aromatic heterocycles. The van der Waals surface area contributed by atoms with Crippen molar-refractivity contribution in [3.63, 3.8) is 0 Å². The van der Waals surface area contributed by atoms with E-state index < -0.39 is 5.97 Å². The van der Waals surface area contributed by atoms with Crippen molar-refractivity contribution in [3.05, 3.63) is 36.2 Å². The summed E-state index contributed by atoms with van der Waals surface area (Å²) in [5.74, 6) is -0.394. The molecule has 3 N–H and O–H groups in total. The molecule has 0 saturated heterocycles. The smallest absolute Gasteiger partial charge is 0.353 e. The molecule has 6 nitrogen and oxygen atoms in total. The minimum absolute atomic E-state index is 0.0450. The van der Waals surface area contributed by atoms with Crippen molar-refractivity contribution in [2.75, 3.05) is 7.11 Å². The summed E-state index contributed by atoms with van der Waals surface area (Å²) in [6.07, 6.45) is 1.83. The number of aromatic nitrogens is 3. The molecule has 0 aliphatic carbocycles. The molecule has 0 aliphatic heterocycles. The number of benzene rings is 1. The first-order chi connectivity index (χ1) is 9.19. The molecule has 96 valence electrons. The van der Waals surface area contributed by atoms with Gasteiger partial charge in [-0.3, -0.25) is 5.10 Å². The fourth-order valence-corrected chi connectivity index (χ4v) is 2.02. The number of nitrogens with zero attached hydrogens (tertiary/aromatic N) is 1. The number of fused-ring (bicyclic) bond motifs is 1. The lowest BCUT2D eigenvalue weighted by molar-refractivity contribution is 0.0690. The highest BCUT2D eigenvalue weighted by Gasteiger charge is 2.14. The fraction of sp³-hybridized carbons (Fsp3) is 0.0769. The van der Waals surface area contributed by atoms with Crippen molar-refractivity contribution >= 4 is 16.9 Å². The number of methoxy groups -OCH3 is 1. The Kier molecular flexibility index (Phi) is 2.49. The highest BCUT2D eigenvalue weighted by Crippen LogP contribution is 2.32. The summed E-state index contributed by atoms with van der Waals surface area (Å²) < 4.78 is 5.33. The molecule has 0 radical (unpaired) electrons. The second kappa shape index (κ2) is 4.16. The normalized spacial score (nSPS) is 10.8. The average Bonchev–Trinajstić information content (AvgIpc) is 3.05. The Morgan fingerprint density at radius 1 is 1.37 bits per heavy atom. The van der Waals surface area contributed by atoms with Crippen LogP contribution in [0.5, 0.6) is 5.75 Å². The average molecular weight is 257 g/mol. The third kappa shape index (κ3) is 1.83. The second-order valence-electron chi connectivity index (χ2n) is 4.09. The monoisotopic (exact) mass is 257 g/mol. The van der Waals surface area contributed by atoms with E-state index in [1.807, 2.05) is 24.4 Å². The zero-order valence-corrected chi connectivity index (χ0v) is 10.1. The minimum atomic E-state index is -1.04. The van der Waals surface area contributed by atoms with E-state index in [9.17, 15) is 4.79 Å². The second-order valence-corrected chi connectivity index (χ2v) is 4.09. The maximum atomic E-state index is 10.9. The largest absolute Gasteiger partial charge is 0.496 e. The predicted octanol–water partition coefficient (Wildman–Crippen LogP) is 2.26. The number of carbonyl (C=O) groups is 1. The summed E-state index contributed by atoms with van der Waals surface area (Å²) in [5, 5.41) is 16.4. The molecule has 0 spiro atoms. The van der Waals surface area contributed by atoms with E-state index in [1.165, 1.54) is 6.07 Å². The minimum Gasteiger partial charge on any atom is -0.496 e. The van der Waals surface area contributed by atoms with Crippen LogP contribution in [0.2, 0.25) is 0 Å². The van der Waals surface area contributed by atoms with E-state index in [2.05, 4.69) is 15.2 Å². The van der Waals surface area contributed by atoms with Crippen LogP contribution < -0.4 is 4.74 Å². The maximum absolute atomic E-state index is 10.9. The van der Waals surface area contributed by atoms with Crippen molar-refractivity contribution in [1.29, 1.82) is 0 Å². The van der Waals surface area contributed by atoms with Gasteiger partial charge in [-0.15, -0.1) is 0 Å². The van der Waals surface area contributed by atoms with Crippen LogP contribution in [-0.2, 0) is 0 Å². The third-order valence-corrected chi connectivity index (χ3v) is 2.96. The standard InChI is InChI=1S/C13H11N3O3/c1-19-12-4-7-2-3-14-9(7)5-8(12)10-6-11(13(17)18)16-15-10/h2-6,14H,1H3,(H,15,16)(H,17,18). The molecule has 3 aromatic rings. The van der Waals surface area contributed by atoms with Gasteiger partial charge in [0.05, 0.1) is 12.8 Å². The number of rotatable bonds is 3. The summed E-state index contributed by atoms with van der Waals surface area (Å²) in [4.78, 5) is 14.0. The molecular formula is C13H11N3O3. The maximum Gasteiger partial charge on any atom is 0.353 e. The number of hydrogen-bond acceptors (Lipinski definition) is 3. The van der Waals surface area contributed by atoms with Gasteiger partial charge in [0, 0.05) is 22.7 Å². The van der Waals surface area contributed by atoms with Gasteiger partial charge in [-0.05, 0) is 24.3 Å². The highest BCUT2D eigenvalue weighted by molar-refractivity contribution is 5.90. The summed E-state index contributed by atoms with van der Waals surface area (Å²) in [7, 11) is 1.57. The van der Waals surface area contributed by atoms with Gasteiger partial charge in [-0.1, -0.05) is 0 Å². The molecular weight excluding hydrogens is 246 g/mol. The van der Waals surface area contributed by atoms with Crippen molar-refractivity contribution in [2.45, 2.75) is 0 Å². The molecule has 2 heterocycles. The molecule has 0 saturated carbocycles. The predicted molar refractivity (Wildman–Crippen MR) is 69.4 cm³/mol. The van der Waals surface area contributed by atoms with Crippen LogP contribution in [0, 0.1) is 0 Å². The van der Waals surface area contributed by atoms with Crippen LogP contribution in [0.4, 0.5) is 0 Å². The Morgan fingerprint density at radius 3 is 2.89 bits per heavy atom. The Labute approximate surface area is 108 Å². The molecule has 3 rings (SSSR count). The van der Waals surface area contributed by atoms with Gasteiger partial charge in [0.2, 0.25) is 0 Å². The van der Waals surface area contributed by atoms with Crippen LogP contribution in [0.1, 0.15) is 10.5 Å². The molecule has 19 heavy (non-hydrogen) atoms.